The average molecular weight is 631 g/mol. The fourth-order valence-electron chi connectivity index (χ4n) is 6.09. The summed E-state index contributed by atoms with van der Waals surface area (Å²) in [7, 11) is 0. The summed E-state index contributed by atoms with van der Waals surface area (Å²) in [6.45, 7) is 7.72. The Morgan fingerprint density at radius 1 is 0.814 bits per heavy atom. The van der Waals surface area contributed by atoms with Gasteiger partial charge in [0.2, 0.25) is 11.8 Å². The number of aryl methyl sites for hydroxylation is 1. The van der Waals surface area contributed by atoms with E-state index in [-0.39, 0.29) is 11.8 Å². The zero-order valence-corrected chi connectivity index (χ0v) is 27.4. The first-order valence-corrected chi connectivity index (χ1v) is 17.3. The molecule has 0 saturated carbocycles. The van der Waals surface area contributed by atoms with E-state index in [1.54, 1.807) is 0 Å². The van der Waals surface area contributed by atoms with Crippen molar-refractivity contribution in [2.24, 2.45) is 0 Å². The number of carbonyl (C=O) groups is 2. The van der Waals surface area contributed by atoms with Crippen LogP contribution in [0.3, 0.4) is 0 Å². The van der Waals surface area contributed by atoms with Crippen LogP contribution in [0.2, 0.25) is 10.0 Å². The Morgan fingerprint density at radius 3 is 2.28 bits per heavy atom. The van der Waals surface area contributed by atoms with E-state index >= 15 is 0 Å². The van der Waals surface area contributed by atoms with Crippen LogP contribution in [0, 0.1) is 0 Å². The lowest BCUT2D eigenvalue weighted by atomic mass is 10.00. The fraction of sp³-hybridized carbons (Fsp3) is 0.600. The van der Waals surface area contributed by atoms with Gasteiger partial charge in [-0.1, -0.05) is 93.6 Å². The molecule has 4 rings (SSSR count). The van der Waals surface area contributed by atoms with E-state index in [9.17, 15) is 9.59 Å². The molecule has 0 atom stereocenters. The number of hydrogen-bond donors (Lipinski definition) is 0. The zero-order valence-electron chi connectivity index (χ0n) is 25.9. The predicted octanol–water partition coefficient (Wildman–Crippen LogP) is 8.70. The SMILES string of the molecule is CCCCCCCCCCCC(=O)N1C(=O)CCc2ccc(OCCCCN3CCN(c4cccc(Cl)c4Cl)CC3)cc21. The number of halogens is 2. The van der Waals surface area contributed by atoms with Crippen LogP contribution in [0.1, 0.15) is 96.0 Å². The molecule has 43 heavy (non-hydrogen) atoms. The first-order chi connectivity index (χ1) is 21.0. The third kappa shape index (κ3) is 10.1. The largest absolute Gasteiger partial charge is 0.494 e. The van der Waals surface area contributed by atoms with Crippen molar-refractivity contribution >= 4 is 46.4 Å². The standard InChI is InChI=1S/C35H49Cl2N3O3/c1-2-3-4-5-6-7-8-9-10-16-33(41)40-32-27-29(19-17-28(32)18-20-34(40)42)43-26-12-11-21-38-22-24-39(25-23-38)31-15-13-14-30(36)35(31)37/h13-15,17,19,27H,2-12,16,18,20-26H2,1H3. The molecule has 0 radical (unpaired) electrons. The van der Waals surface area contributed by atoms with Gasteiger partial charge >= 0.3 is 0 Å². The van der Waals surface area contributed by atoms with Gasteiger partial charge in [0.05, 0.1) is 28.0 Å². The maximum absolute atomic E-state index is 13.1. The molecule has 0 aromatic heterocycles. The van der Waals surface area contributed by atoms with Gasteiger partial charge in [-0.2, -0.15) is 0 Å². The number of unbranched alkanes of at least 4 members (excludes halogenated alkanes) is 9. The van der Waals surface area contributed by atoms with E-state index in [1.807, 2.05) is 36.4 Å². The highest BCUT2D eigenvalue weighted by Gasteiger charge is 2.29. The molecule has 8 heteroatoms. The number of piperazine rings is 1. The quantitative estimate of drug-likeness (QED) is 0.164. The Labute approximate surface area is 268 Å². The van der Waals surface area contributed by atoms with E-state index in [4.69, 9.17) is 27.9 Å². The molecule has 236 valence electrons. The van der Waals surface area contributed by atoms with Crippen LogP contribution >= 0.6 is 23.2 Å². The number of amides is 2. The molecule has 2 aliphatic rings. The number of hydrogen-bond acceptors (Lipinski definition) is 5. The van der Waals surface area contributed by atoms with Gasteiger partial charge in [0, 0.05) is 45.1 Å². The molecule has 1 fully saturated rings. The predicted molar refractivity (Wildman–Crippen MR) is 179 cm³/mol. The first-order valence-electron chi connectivity index (χ1n) is 16.5. The number of benzene rings is 2. The van der Waals surface area contributed by atoms with Crippen molar-refractivity contribution in [3.8, 4) is 5.75 Å². The monoisotopic (exact) mass is 629 g/mol. The highest BCUT2D eigenvalue weighted by Crippen LogP contribution is 2.34. The summed E-state index contributed by atoms with van der Waals surface area (Å²) in [6.07, 6.45) is 14.3. The third-order valence-corrected chi connectivity index (χ3v) is 9.49. The third-order valence-electron chi connectivity index (χ3n) is 8.68. The number of ether oxygens (including phenoxy) is 1. The second kappa shape index (κ2) is 17.9. The number of nitrogens with zero attached hydrogens (tertiary/aromatic N) is 3. The van der Waals surface area contributed by atoms with Crippen molar-refractivity contribution in [2.45, 2.75) is 96.8 Å². The molecule has 2 aromatic carbocycles. The molecule has 2 amide bonds. The van der Waals surface area contributed by atoms with Gasteiger partial charge in [-0.05, 0) is 56.0 Å². The van der Waals surface area contributed by atoms with Crippen molar-refractivity contribution < 1.29 is 14.3 Å². The van der Waals surface area contributed by atoms with E-state index < -0.39 is 0 Å². The summed E-state index contributed by atoms with van der Waals surface area (Å²) in [6, 6.07) is 11.7. The Hall–Kier alpha value is -2.28. The van der Waals surface area contributed by atoms with Crippen molar-refractivity contribution in [1.29, 1.82) is 0 Å². The Morgan fingerprint density at radius 2 is 1.53 bits per heavy atom. The molecular formula is C35H49Cl2N3O3. The molecule has 2 heterocycles. The molecule has 0 unspecified atom stereocenters. The van der Waals surface area contributed by atoms with Crippen LogP contribution in [-0.2, 0) is 16.0 Å². The summed E-state index contributed by atoms with van der Waals surface area (Å²) >= 11 is 12.6. The van der Waals surface area contributed by atoms with Crippen molar-refractivity contribution in [3.05, 3.63) is 52.0 Å². The highest BCUT2D eigenvalue weighted by atomic mass is 35.5. The minimum Gasteiger partial charge on any atom is -0.494 e. The van der Waals surface area contributed by atoms with Crippen LogP contribution in [0.5, 0.6) is 5.75 Å². The molecule has 2 aliphatic heterocycles. The summed E-state index contributed by atoms with van der Waals surface area (Å²) < 4.78 is 6.08. The minimum absolute atomic E-state index is 0.0798. The molecule has 0 aliphatic carbocycles. The number of anilines is 2. The summed E-state index contributed by atoms with van der Waals surface area (Å²) in [5, 5.41) is 1.23. The van der Waals surface area contributed by atoms with E-state index in [0.717, 1.165) is 81.8 Å². The van der Waals surface area contributed by atoms with Crippen LogP contribution < -0.4 is 14.5 Å². The van der Waals surface area contributed by atoms with E-state index in [2.05, 4.69) is 16.7 Å². The van der Waals surface area contributed by atoms with Crippen LogP contribution in [-0.4, -0.2) is 56.0 Å². The Kier molecular flexibility index (Phi) is 14.0. The number of carbonyl (C=O) groups excluding carboxylic acids is 2. The first kappa shape index (κ1) is 33.6. The second-order valence-corrected chi connectivity index (χ2v) is 12.7. The van der Waals surface area contributed by atoms with E-state index in [1.165, 1.54) is 43.4 Å². The Balaban J connectivity index is 1.16. The fourth-order valence-corrected chi connectivity index (χ4v) is 6.50. The highest BCUT2D eigenvalue weighted by molar-refractivity contribution is 6.43. The smallest absolute Gasteiger partial charge is 0.234 e. The number of fused-ring (bicyclic) bond motifs is 1. The number of rotatable bonds is 17. The molecule has 6 nitrogen and oxygen atoms in total. The van der Waals surface area contributed by atoms with Gasteiger partial charge in [0.25, 0.3) is 0 Å². The molecule has 1 saturated heterocycles. The topological polar surface area (TPSA) is 53.1 Å². The van der Waals surface area contributed by atoms with Crippen LogP contribution in [0.4, 0.5) is 11.4 Å². The van der Waals surface area contributed by atoms with Gasteiger partial charge in [-0.15, -0.1) is 0 Å². The van der Waals surface area contributed by atoms with Crippen molar-refractivity contribution in [1.82, 2.24) is 4.90 Å². The summed E-state index contributed by atoms with van der Waals surface area (Å²) in [5.74, 6) is 0.549. The lowest BCUT2D eigenvalue weighted by Gasteiger charge is -2.36. The summed E-state index contributed by atoms with van der Waals surface area (Å²) in [5.41, 5.74) is 2.77. The van der Waals surface area contributed by atoms with Gasteiger partial charge < -0.3 is 9.64 Å². The van der Waals surface area contributed by atoms with Gasteiger partial charge in [0.15, 0.2) is 0 Å². The van der Waals surface area contributed by atoms with Gasteiger partial charge in [0.1, 0.15) is 5.75 Å². The van der Waals surface area contributed by atoms with Gasteiger partial charge in [-0.25, -0.2) is 0 Å². The average Bonchev–Trinajstić information content (AvgIpc) is 3.01. The number of imide groups is 1. The molecular weight excluding hydrogens is 581 g/mol. The second-order valence-electron chi connectivity index (χ2n) is 11.9. The maximum atomic E-state index is 13.1. The minimum atomic E-state index is -0.0942. The van der Waals surface area contributed by atoms with Crippen LogP contribution in [0.15, 0.2) is 36.4 Å². The normalized spacial score (nSPS) is 15.6. The van der Waals surface area contributed by atoms with E-state index in [0.29, 0.717) is 41.6 Å². The molecule has 2 aromatic rings. The lowest BCUT2D eigenvalue weighted by molar-refractivity contribution is -0.126. The van der Waals surface area contributed by atoms with Gasteiger partial charge in [-0.3, -0.25) is 19.4 Å². The van der Waals surface area contributed by atoms with Crippen molar-refractivity contribution in [3.63, 3.8) is 0 Å². The van der Waals surface area contributed by atoms with Crippen LogP contribution in [0.25, 0.3) is 0 Å². The molecule has 0 N–H and O–H groups in total. The Bertz CT molecular complexity index is 1180. The lowest BCUT2D eigenvalue weighted by Crippen LogP contribution is -2.46. The molecule has 0 spiro atoms. The zero-order chi connectivity index (χ0) is 30.4. The summed E-state index contributed by atoms with van der Waals surface area (Å²) in [4.78, 5) is 32.1. The maximum Gasteiger partial charge on any atom is 0.234 e. The molecule has 0 bridgehead atoms. The van der Waals surface area contributed by atoms with Crippen molar-refractivity contribution in [2.75, 3.05) is 49.1 Å².